The highest BCUT2D eigenvalue weighted by Gasteiger charge is 2.28. The topological polar surface area (TPSA) is 44.4 Å². The Labute approximate surface area is 114 Å². The molecule has 1 aliphatic heterocycles. The molecule has 1 unspecified atom stereocenters. The van der Waals surface area contributed by atoms with Crippen LogP contribution >= 0.6 is 0 Å². The van der Waals surface area contributed by atoms with Crippen LogP contribution in [0.2, 0.25) is 0 Å². The lowest BCUT2D eigenvalue weighted by Gasteiger charge is -2.35. The fraction of sp³-hybridized carbons (Fsp3) is 0.533. The van der Waals surface area contributed by atoms with E-state index in [1.807, 2.05) is 20.2 Å². The molecule has 2 amide bonds. The van der Waals surface area contributed by atoms with Gasteiger partial charge in [0.1, 0.15) is 0 Å². The predicted molar refractivity (Wildman–Crippen MR) is 76.1 cm³/mol. The van der Waals surface area contributed by atoms with Gasteiger partial charge in [-0.2, -0.15) is 0 Å². The van der Waals surface area contributed by atoms with Crippen LogP contribution in [0.5, 0.6) is 0 Å². The Morgan fingerprint density at radius 3 is 2.84 bits per heavy atom. The second kappa shape index (κ2) is 4.85. The maximum atomic E-state index is 11.6. The molecule has 0 spiro atoms. The number of nitrogens with one attached hydrogen (secondary N) is 2. The van der Waals surface area contributed by atoms with E-state index in [4.69, 9.17) is 0 Å². The molecule has 1 saturated carbocycles. The van der Waals surface area contributed by atoms with Crippen LogP contribution in [0.15, 0.2) is 18.2 Å². The summed E-state index contributed by atoms with van der Waals surface area (Å²) in [6.45, 7) is 0.691. The Bertz CT molecular complexity index is 496. The molecule has 1 aliphatic carbocycles. The van der Waals surface area contributed by atoms with Crippen molar-refractivity contribution in [3.8, 4) is 0 Å². The Kier molecular flexibility index (Phi) is 3.19. The number of fused-ring (bicyclic) bond motifs is 1. The lowest BCUT2D eigenvalue weighted by atomic mass is 9.77. The summed E-state index contributed by atoms with van der Waals surface area (Å²) in [6, 6.07) is 6.85. The molecule has 102 valence electrons. The summed E-state index contributed by atoms with van der Waals surface area (Å²) < 4.78 is 0. The molecule has 19 heavy (non-hydrogen) atoms. The maximum Gasteiger partial charge on any atom is 0.321 e. The summed E-state index contributed by atoms with van der Waals surface area (Å²) in [5.74, 6) is 0.763. The van der Waals surface area contributed by atoms with E-state index in [1.165, 1.54) is 30.4 Å². The molecule has 0 aromatic heterocycles. The molecule has 0 bridgehead atoms. The minimum absolute atomic E-state index is 0.0237. The average molecular weight is 259 g/mol. The minimum atomic E-state index is -0.0237. The highest BCUT2D eigenvalue weighted by Crippen LogP contribution is 2.38. The molecule has 1 heterocycles. The van der Waals surface area contributed by atoms with Gasteiger partial charge in [0.25, 0.3) is 0 Å². The first-order chi connectivity index (χ1) is 9.19. The summed E-state index contributed by atoms with van der Waals surface area (Å²) in [6.07, 6.45) is 3.99. The van der Waals surface area contributed by atoms with E-state index in [2.05, 4.69) is 22.8 Å². The first kappa shape index (κ1) is 12.5. The van der Waals surface area contributed by atoms with Gasteiger partial charge in [0.2, 0.25) is 0 Å². The normalized spacial score (nSPS) is 20.5. The minimum Gasteiger partial charge on any atom is -0.323 e. The van der Waals surface area contributed by atoms with E-state index in [0.717, 1.165) is 11.6 Å². The van der Waals surface area contributed by atoms with Crippen molar-refractivity contribution in [2.75, 3.05) is 19.4 Å². The number of benzene rings is 1. The molecule has 1 atom stereocenters. The number of carbonyl (C=O) groups is 1. The zero-order valence-corrected chi connectivity index (χ0v) is 11.6. The molecule has 3 rings (SSSR count). The number of hydrogen-bond acceptors (Lipinski definition) is 2. The summed E-state index contributed by atoms with van der Waals surface area (Å²) in [5, 5.41) is 6.36. The van der Waals surface area contributed by atoms with Crippen LogP contribution in [0.3, 0.4) is 0 Å². The number of anilines is 1. The third-order valence-corrected chi connectivity index (χ3v) is 4.42. The second-order valence-electron chi connectivity index (χ2n) is 5.66. The van der Waals surface area contributed by atoms with E-state index in [-0.39, 0.29) is 6.03 Å². The lowest BCUT2D eigenvalue weighted by Crippen LogP contribution is -2.36. The van der Waals surface area contributed by atoms with Crippen molar-refractivity contribution in [1.82, 2.24) is 10.2 Å². The zero-order valence-electron chi connectivity index (χ0n) is 11.6. The summed E-state index contributed by atoms with van der Waals surface area (Å²) in [7, 11) is 3.86. The van der Waals surface area contributed by atoms with E-state index in [1.54, 1.807) is 4.90 Å². The molecule has 2 N–H and O–H groups in total. The molecule has 0 saturated heterocycles. The fourth-order valence-corrected chi connectivity index (χ4v) is 3.05. The van der Waals surface area contributed by atoms with Gasteiger partial charge in [-0.15, -0.1) is 0 Å². The molecular weight excluding hydrogens is 238 g/mol. The highest BCUT2D eigenvalue weighted by molar-refractivity contribution is 5.92. The molecule has 1 aromatic carbocycles. The van der Waals surface area contributed by atoms with Crippen molar-refractivity contribution >= 4 is 11.7 Å². The number of hydrogen-bond donors (Lipinski definition) is 2. The van der Waals surface area contributed by atoms with Crippen LogP contribution in [0.25, 0.3) is 0 Å². The van der Waals surface area contributed by atoms with Gasteiger partial charge in [-0.05, 0) is 43.0 Å². The third-order valence-electron chi connectivity index (χ3n) is 4.42. The van der Waals surface area contributed by atoms with Gasteiger partial charge in [0.05, 0.1) is 0 Å². The van der Waals surface area contributed by atoms with Gasteiger partial charge in [0, 0.05) is 25.3 Å². The van der Waals surface area contributed by atoms with Crippen LogP contribution in [0, 0.1) is 5.92 Å². The van der Waals surface area contributed by atoms with E-state index < -0.39 is 0 Å². The molecule has 1 fully saturated rings. The molecule has 0 radical (unpaired) electrons. The van der Waals surface area contributed by atoms with Gasteiger partial charge in [-0.1, -0.05) is 18.6 Å². The van der Waals surface area contributed by atoms with Crippen molar-refractivity contribution in [2.45, 2.75) is 31.8 Å². The van der Waals surface area contributed by atoms with E-state index in [9.17, 15) is 4.79 Å². The van der Waals surface area contributed by atoms with Crippen molar-refractivity contribution in [3.05, 3.63) is 29.3 Å². The zero-order chi connectivity index (χ0) is 13.4. The van der Waals surface area contributed by atoms with E-state index >= 15 is 0 Å². The molecule has 2 aliphatic rings. The Morgan fingerprint density at radius 1 is 1.42 bits per heavy atom. The number of nitrogens with zero attached hydrogens (tertiary/aromatic N) is 1. The van der Waals surface area contributed by atoms with Crippen molar-refractivity contribution in [2.24, 2.45) is 5.92 Å². The standard InChI is InChI=1S/C15H21N3O/c1-16-14(10-4-3-5-10)11-6-7-13-12(8-11)9-18(2)15(19)17-13/h6-8,10,14,16H,3-5,9H2,1-2H3,(H,17,19). The largest absolute Gasteiger partial charge is 0.323 e. The monoisotopic (exact) mass is 259 g/mol. The molecule has 4 heteroatoms. The lowest BCUT2D eigenvalue weighted by molar-refractivity contribution is 0.218. The van der Waals surface area contributed by atoms with Crippen LogP contribution in [0.4, 0.5) is 10.5 Å². The average Bonchev–Trinajstić information content (AvgIpc) is 2.34. The smallest absolute Gasteiger partial charge is 0.321 e. The summed E-state index contributed by atoms with van der Waals surface area (Å²) >= 11 is 0. The second-order valence-corrected chi connectivity index (χ2v) is 5.66. The predicted octanol–water partition coefficient (Wildman–Crippen LogP) is 2.72. The summed E-state index contributed by atoms with van der Waals surface area (Å²) in [4.78, 5) is 13.3. The highest BCUT2D eigenvalue weighted by atomic mass is 16.2. The number of amides is 2. The Balaban J connectivity index is 1.88. The summed E-state index contributed by atoms with van der Waals surface area (Å²) in [5.41, 5.74) is 3.50. The van der Waals surface area contributed by atoms with Gasteiger partial charge < -0.3 is 15.5 Å². The van der Waals surface area contributed by atoms with Gasteiger partial charge >= 0.3 is 6.03 Å². The molecular formula is C15H21N3O. The van der Waals surface area contributed by atoms with Gasteiger partial charge in [-0.3, -0.25) is 0 Å². The maximum absolute atomic E-state index is 11.6. The van der Waals surface area contributed by atoms with Crippen LogP contribution in [-0.2, 0) is 6.54 Å². The number of urea groups is 1. The van der Waals surface area contributed by atoms with Crippen LogP contribution < -0.4 is 10.6 Å². The van der Waals surface area contributed by atoms with Crippen molar-refractivity contribution in [1.29, 1.82) is 0 Å². The first-order valence-electron chi connectivity index (χ1n) is 7.01. The molecule has 4 nitrogen and oxygen atoms in total. The van der Waals surface area contributed by atoms with Crippen LogP contribution in [-0.4, -0.2) is 25.0 Å². The van der Waals surface area contributed by atoms with Crippen molar-refractivity contribution in [3.63, 3.8) is 0 Å². The quantitative estimate of drug-likeness (QED) is 0.876. The van der Waals surface area contributed by atoms with Gasteiger partial charge in [0.15, 0.2) is 0 Å². The Morgan fingerprint density at radius 2 is 2.21 bits per heavy atom. The number of rotatable bonds is 3. The fourth-order valence-electron chi connectivity index (χ4n) is 3.05. The van der Waals surface area contributed by atoms with Gasteiger partial charge in [-0.25, -0.2) is 4.79 Å². The first-order valence-corrected chi connectivity index (χ1v) is 7.01. The third kappa shape index (κ3) is 2.21. The SMILES string of the molecule is CNC(c1ccc2c(c1)CN(C)C(=O)N2)C1CCC1. The van der Waals surface area contributed by atoms with E-state index in [0.29, 0.717) is 12.6 Å². The van der Waals surface area contributed by atoms with Crippen molar-refractivity contribution < 1.29 is 4.79 Å². The number of carbonyl (C=O) groups excluding carboxylic acids is 1. The Hall–Kier alpha value is -1.55. The molecule has 1 aromatic rings. The van der Waals surface area contributed by atoms with Crippen LogP contribution in [0.1, 0.15) is 36.4 Å².